The summed E-state index contributed by atoms with van der Waals surface area (Å²) in [4.78, 5) is 2.54. The number of nitrogens with zero attached hydrogens (tertiary/aromatic N) is 1. The van der Waals surface area contributed by atoms with Crippen molar-refractivity contribution in [1.82, 2.24) is 10.0 Å². The van der Waals surface area contributed by atoms with E-state index in [2.05, 4.69) is 28.8 Å². The number of hydrogen-bond donors (Lipinski definition) is 2. The Morgan fingerprint density at radius 3 is 2.62 bits per heavy atom. The average molecular weight is 311 g/mol. The maximum Gasteiger partial charge on any atom is 0.242 e. The zero-order valence-corrected chi connectivity index (χ0v) is 13.9. The lowest BCUT2D eigenvalue weighted by molar-refractivity contribution is 0.423. The lowest BCUT2D eigenvalue weighted by atomic mass is 10.1. The first-order chi connectivity index (χ1) is 9.81. The number of rotatable bonds is 4. The van der Waals surface area contributed by atoms with E-state index in [1.54, 1.807) is 12.1 Å². The van der Waals surface area contributed by atoms with Crippen LogP contribution in [0.15, 0.2) is 29.2 Å². The third-order valence-electron chi connectivity index (χ3n) is 3.62. The summed E-state index contributed by atoms with van der Waals surface area (Å²) in [5, 5.41) is 3.42. The Bertz CT molecular complexity index is 586. The van der Waals surface area contributed by atoms with Crippen LogP contribution in [0.2, 0.25) is 0 Å². The van der Waals surface area contributed by atoms with E-state index in [9.17, 15) is 8.42 Å². The second-order valence-corrected chi connectivity index (χ2v) is 7.74. The van der Waals surface area contributed by atoms with E-state index in [0.717, 1.165) is 18.8 Å². The van der Waals surface area contributed by atoms with Crippen LogP contribution in [0.3, 0.4) is 0 Å². The molecule has 0 radical (unpaired) electrons. The van der Waals surface area contributed by atoms with Crippen LogP contribution in [0, 0.1) is 0 Å². The van der Waals surface area contributed by atoms with Crippen LogP contribution >= 0.6 is 0 Å². The van der Waals surface area contributed by atoms with Crippen LogP contribution in [0.1, 0.15) is 27.7 Å². The molecule has 6 heteroatoms. The molecule has 2 rings (SSSR count). The summed E-state index contributed by atoms with van der Waals surface area (Å²) >= 11 is 0. The minimum absolute atomic E-state index is 0.123. The van der Waals surface area contributed by atoms with Crippen molar-refractivity contribution in [2.75, 3.05) is 18.0 Å². The van der Waals surface area contributed by atoms with Crippen LogP contribution in [0.5, 0.6) is 0 Å². The molecule has 2 N–H and O–H groups in total. The number of benzene rings is 1. The third-order valence-corrected chi connectivity index (χ3v) is 5.33. The Hall–Kier alpha value is -1.11. The molecular weight excluding hydrogens is 286 g/mol. The van der Waals surface area contributed by atoms with Gasteiger partial charge in [0.15, 0.2) is 0 Å². The molecule has 0 saturated carbocycles. The highest BCUT2D eigenvalue weighted by Crippen LogP contribution is 2.28. The molecular formula is C15H25N3O2S. The van der Waals surface area contributed by atoms with Crippen molar-refractivity contribution in [3.8, 4) is 0 Å². The molecule has 0 bridgehead atoms. The van der Waals surface area contributed by atoms with Crippen LogP contribution in [-0.2, 0) is 10.0 Å². The van der Waals surface area contributed by atoms with E-state index in [1.807, 2.05) is 26.0 Å². The van der Waals surface area contributed by atoms with Gasteiger partial charge in [0.2, 0.25) is 10.0 Å². The first kappa shape index (κ1) is 16.3. The highest BCUT2D eigenvalue weighted by molar-refractivity contribution is 7.89. The number of sulfonamides is 1. The van der Waals surface area contributed by atoms with Gasteiger partial charge in [-0.05, 0) is 39.8 Å². The van der Waals surface area contributed by atoms with Gasteiger partial charge in [0.25, 0.3) is 0 Å². The number of piperazine rings is 1. The highest BCUT2D eigenvalue weighted by atomic mass is 32.2. The van der Waals surface area contributed by atoms with Crippen molar-refractivity contribution in [2.24, 2.45) is 0 Å². The van der Waals surface area contributed by atoms with Gasteiger partial charge in [-0.25, -0.2) is 13.1 Å². The molecule has 0 amide bonds. The standard InChI is InChI=1S/C15H25N3O2S/c1-11(2)17-21(19,20)15-8-6-5-7-14(15)18-10-12(3)16-9-13(18)4/h5-8,11-13,16-17H,9-10H2,1-4H3. The summed E-state index contributed by atoms with van der Waals surface area (Å²) in [6, 6.07) is 7.72. The fourth-order valence-electron chi connectivity index (χ4n) is 2.65. The summed E-state index contributed by atoms with van der Waals surface area (Å²) in [6.07, 6.45) is 0. The van der Waals surface area contributed by atoms with E-state index < -0.39 is 10.0 Å². The fraction of sp³-hybridized carbons (Fsp3) is 0.600. The Morgan fingerprint density at radius 2 is 1.95 bits per heavy atom. The third kappa shape index (κ3) is 3.75. The molecule has 5 nitrogen and oxygen atoms in total. The van der Waals surface area contributed by atoms with Crippen molar-refractivity contribution >= 4 is 15.7 Å². The number of para-hydroxylation sites is 1. The fourth-order valence-corrected chi connectivity index (χ4v) is 4.12. The second kappa shape index (κ2) is 6.34. The molecule has 118 valence electrons. The van der Waals surface area contributed by atoms with Gasteiger partial charge in [-0.15, -0.1) is 0 Å². The van der Waals surface area contributed by atoms with Crippen molar-refractivity contribution in [2.45, 2.75) is 50.7 Å². The molecule has 1 aliphatic heterocycles. The van der Waals surface area contributed by atoms with E-state index in [0.29, 0.717) is 10.9 Å². The molecule has 1 aliphatic rings. The molecule has 0 spiro atoms. The lowest BCUT2D eigenvalue weighted by Gasteiger charge is -2.40. The van der Waals surface area contributed by atoms with E-state index >= 15 is 0 Å². The maximum atomic E-state index is 12.5. The minimum Gasteiger partial charge on any atom is -0.365 e. The lowest BCUT2D eigenvalue weighted by Crippen LogP contribution is -2.54. The molecule has 0 aliphatic carbocycles. The summed E-state index contributed by atoms with van der Waals surface area (Å²) in [7, 11) is -3.49. The monoisotopic (exact) mass is 311 g/mol. The van der Waals surface area contributed by atoms with Crippen LogP contribution in [0.4, 0.5) is 5.69 Å². The molecule has 1 fully saturated rings. The number of nitrogens with one attached hydrogen (secondary N) is 2. The van der Waals surface area contributed by atoms with E-state index in [4.69, 9.17) is 0 Å². The van der Waals surface area contributed by atoms with Gasteiger partial charge in [0, 0.05) is 31.2 Å². The number of anilines is 1. The molecule has 1 saturated heterocycles. The minimum atomic E-state index is -3.49. The summed E-state index contributed by atoms with van der Waals surface area (Å²) < 4.78 is 27.8. The molecule has 1 aromatic rings. The van der Waals surface area contributed by atoms with Gasteiger partial charge >= 0.3 is 0 Å². The molecule has 2 unspecified atom stereocenters. The predicted molar refractivity (Wildman–Crippen MR) is 86.2 cm³/mol. The largest absolute Gasteiger partial charge is 0.365 e. The molecule has 2 atom stereocenters. The molecule has 0 aromatic heterocycles. The van der Waals surface area contributed by atoms with Gasteiger partial charge in [-0.3, -0.25) is 0 Å². The predicted octanol–water partition coefficient (Wildman–Crippen LogP) is 1.56. The average Bonchev–Trinajstić information content (AvgIpc) is 2.40. The second-order valence-electron chi connectivity index (χ2n) is 6.05. The highest BCUT2D eigenvalue weighted by Gasteiger charge is 2.28. The first-order valence-electron chi connectivity index (χ1n) is 7.42. The Balaban J connectivity index is 2.41. The van der Waals surface area contributed by atoms with Crippen molar-refractivity contribution in [3.05, 3.63) is 24.3 Å². The molecule has 1 heterocycles. The molecule has 1 aromatic carbocycles. The topological polar surface area (TPSA) is 61.4 Å². The van der Waals surface area contributed by atoms with Gasteiger partial charge in [0.1, 0.15) is 4.90 Å². The van der Waals surface area contributed by atoms with Gasteiger partial charge in [-0.2, -0.15) is 0 Å². The zero-order valence-electron chi connectivity index (χ0n) is 13.1. The SMILES string of the molecule is CC(C)NS(=O)(=O)c1ccccc1N1CC(C)NCC1C. The summed E-state index contributed by atoms with van der Waals surface area (Å²) in [5.41, 5.74) is 0.784. The van der Waals surface area contributed by atoms with Crippen LogP contribution < -0.4 is 14.9 Å². The molecule has 21 heavy (non-hydrogen) atoms. The van der Waals surface area contributed by atoms with Crippen LogP contribution in [0.25, 0.3) is 0 Å². The van der Waals surface area contributed by atoms with Crippen molar-refractivity contribution in [1.29, 1.82) is 0 Å². The smallest absolute Gasteiger partial charge is 0.242 e. The summed E-state index contributed by atoms with van der Waals surface area (Å²) in [5.74, 6) is 0. The van der Waals surface area contributed by atoms with Crippen molar-refractivity contribution < 1.29 is 8.42 Å². The van der Waals surface area contributed by atoms with Crippen molar-refractivity contribution in [3.63, 3.8) is 0 Å². The zero-order chi connectivity index (χ0) is 15.6. The Labute approximate surface area is 127 Å². The van der Waals surface area contributed by atoms with Gasteiger partial charge < -0.3 is 10.2 Å². The Kier molecular flexibility index (Phi) is 4.91. The van der Waals surface area contributed by atoms with Crippen LogP contribution in [-0.4, -0.2) is 39.6 Å². The van der Waals surface area contributed by atoms with E-state index in [-0.39, 0.29) is 12.1 Å². The Morgan fingerprint density at radius 1 is 1.29 bits per heavy atom. The van der Waals surface area contributed by atoms with Gasteiger partial charge in [0.05, 0.1) is 5.69 Å². The first-order valence-corrected chi connectivity index (χ1v) is 8.91. The maximum absolute atomic E-state index is 12.5. The number of hydrogen-bond acceptors (Lipinski definition) is 4. The van der Waals surface area contributed by atoms with Gasteiger partial charge in [-0.1, -0.05) is 12.1 Å². The normalized spacial score (nSPS) is 23.6. The van der Waals surface area contributed by atoms with E-state index in [1.165, 1.54) is 0 Å². The summed E-state index contributed by atoms with van der Waals surface area (Å²) in [6.45, 7) is 9.54. The quantitative estimate of drug-likeness (QED) is 0.886.